The van der Waals surface area contributed by atoms with E-state index in [0.29, 0.717) is 12.1 Å². The molecule has 7 heteroatoms. The van der Waals surface area contributed by atoms with Crippen molar-refractivity contribution in [3.8, 4) is 5.75 Å². The van der Waals surface area contributed by atoms with Crippen LogP contribution in [-0.2, 0) is 12.6 Å². The molecule has 3 aromatic carbocycles. The van der Waals surface area contributed by atoms with Crippen molar-refractivity contribution in [1.29, 1.82) is 0 Å². The highest BCUT2D eigenvalue weighted by Gasteiger charge is 2.30. The van der Waals surface area contributed by atoms with Crippen LogP contribution in [0.1, 0.15) is 53.5 Å². The van der Waals surface area contributed by atoms with Gasteiger partial charge in [0.2, 0.25) is 0 Å². The highest BCUT2D eigenvalue weighted by Crippen LogP contribution is 2.41. The fraction of sp³-hybridized carbons (Fsp3) is 0.355. The zero-order chi connectivity index (χ0) is 26.7. The molecule has 0 aromatic heterocycles. The fourth-order valence-corrected chi connectivity index (χ4v) is 5.56. The molecule has 2 aliphatic rings. The number of alkyl halides is 4. The van der Waals surface area contributed by atoms with Gasteiger partial charge in [-0.1, -0.05) is 30.3 Å². The number of nitrogens with two attached hydrogens (primary N) is 1. The van der Waals surface area contributed by atoms with E-state index in [0.717, 1.165) is 96.6 Å². The number of likely N-dealkylation sites (tertiary alicyclic amines) is 1. The van der Waals surface area contributed by atoms with Crippen LogP contribution in [0.2, 0.25) is 0 Å². The van der Waals surface area contributed by atoms with Crippen LogP contribution in [0.15, 0.2) is 66.7 Å². The minimum absolute atomic E-state index is 0.0731. The number of anilines is 1. The van der Waals surface area contributed by atoms with E-state index in [9.17, 15) is 17.6 Å². The maximum Gasteiger partial charge on any atom is 0.416 e. The largest absolute Gasteiger partial charge is 0.489 e. The van der Waals surface area contributed by atoms with Crippen LogP contribution in [0.3, 0.4) is 0 Å². The standard InChI is InChI=1S/C31H32F4N2O/c32-16-2-17-37-18-15-27(20-37)38-26-12-7-22(8-13-26)30-28(21-5-9-24(10-6-21)31(33,34)35)4-1-3-23-19-25(36)11-14-29(23)30/h5-14,19,27H,1-4,15-18,20,36H2. The number of rotatable bonds is 7. The topological polar surface area (TPSA) is 38.5 Å². The average Bonchev–Trinajstić information content (AvgIpc) is 3.26. The van der Waals surface area contributed by atoms with E-state index in [1.165, 1.54) is 0 Å². The summed E-state index contributed by atoms with van der Waals surface area (Å²) >= 11 is 0. The number of nitrogens with zero attached hydrogens (tertiary/aromatic N) is 1. The lowest BCUT2D eigenvalue weighted by Crippen LogP contribution is -2.26. The van der Waals surface area contributed by atoms with Crippen LogP contribution in [0.4, 0.5) is 23.2 Å². The van der Waals surface area contributed by atoms with Gasteiger partial charge in [0.05, 0.1) is 12.2 Å². The molecular weight excluding hydrogens is 492 g/mol. The number of hydrogen-bond acceptors (Lipinski definition) is 3. The molecule has 1 unspecified atom stereocenters. The first-order valence-corrected chi connectivity index (χ1v) is 13.2. The van der Waals surface area contributed by atoms with Gasteiger partial charge in [0.25, 0.3) is 0 Å². The van der Waals surface area contributed by atoms with Crippen molar-refractivity contribution in [3.05, 3.63) is 94.5 Å². The van der Waals surface area contributed by atoms with Gasteiger partial charge in [0.15, 0.2) is 0 Å². The summed E-state index contributed by atoms with van der Waals surface area (Å²) in [6.45, 7) is 2.15. The first kappa shape index (κ1) is 26.3. The summed E-state index contributed by atoms with van der Waals surface area (Å²) in [5.41, 5.74) is 12.1. The first-order valence-electron chi connectivity index (χ1n) is 13.2. The van der Waals surface area contributed by atoms with Gasteiger partial charge in [-0.3, -0.25) is 9.29 Å². The summed E-state index contributed by atoms with van der Waals surface area (Å²) in [5.74, 6) is 0.772. The first-order chi connectivity index (χ1) is 18.3. The lowest BCUT2D eigenvalue weighted by Gasteiger charge is -2.19. The predicted molar refractivity (Wildman–Crippen MR) is 144 cm³/mol. The number of nitrogen functional groups attached to an aromatic ring is 1. The molecule has 0 amide bonds. The normalized spacial score (nSPS) is 18.4. The Morgan fingerprint density at radius 3 is 2.37 bits per heavy atom. The Hall–Kier alpha value is -3.32. The zero-order valence-corrected chi connectivity index (χ0v) is 21.2. The van der Waals surface area contributed by atoms with Crippen LogP contribution in [0.5, 0.6) is 5.75 Å². The number of benzene rings is 3. The van der Waals surface area contributed by atoms with Crippen molar-refractivity contribution in [2.75, 3.05) is 32.0 Å². The van der Waals surface area contributed by atoms with Gasteiger partial charge in [0.1, 0.15) is 11.9 Å². The molecule has 0 radical (unpaired) electrons. The quantitative estimate of drug-likeness (QED) is 0.259. The highest BCUT2D eigenvalue weighted by molar-refractivity contribution is 6.00. The molecule has 5 rings (SSSR count). The molecule has 1 aliphatic heterocycles. The molecular formula is C31H32F4N2O. The minimum Gasteiger partial charge on any atom is -0.489 e. The maximum absolute atomic E-state index is 13.2. The fourth-order valence-electron chi connectivity index (χ4n) is 5.56. The van der Waals surface area contributed by atoms with Gasteiger partial charge in [-0.15, -0.1) is 0 Å². The van der Waals surface area contributed by atoms with Gasteiger partial charge >= 0.3 is 6.18 Å². The van der Waals surface area contributed by atoms with E-state index in [1.54, 1.807) is 12.1 Å². The lowest BCUT2D eigenvalue weighted by atomic mass is 9.87. The summed E-state index contributed by atoms with van der Waals surface area (Å²) < 4.78 is 58.4. The van der Waals surface area contributed by atoms with Crippen molar-refractivity contribution >= 4 is 16.8 Å². The van der Waals surface area contributed by atoms with Crippen LogP contribution in [0, 0.1) is 0 Å². The summed E-state index contributed by atoms with van der Waals surface area (Å²) in [4.78, 5) is 2.23. The van der Waals surface area contributed by atoms with Crippen LogP contribution < -0.4 is 10.5 Å². The number of halogens is 4. The van der Waals surface area contributed by atoms with Crippen molar-refractivity contribution in [1.82, 2.24) is 4.90 Å². The molecule has 1 aliphatic carbocycles. The predicted octanol–water partition coefficient (Wildman–Crippen LogP) is 7.40. The van der Waals surface area contributed by atoms with E-state index in [-0.39, 0.29) is 12.8 Å². The third-order valence-corrected chi connectivity index (χ3v) is 7.42. The molecule has 200 valence electrons. The number of fused-ring (bicyclic) bond motifs is 1. The molecule has 0 spiro atoms. The second-order valence-corrected chi connectivity index (χ2v) is 10.1. The Morgan fingerprint density at radius 2 is 1.66 bits per heavy atom. The Labute approximate surface area is 220 Å². The van der Waals surface area contributed by atoms with Gasteiger partial charge in [-0.05, 0) is 102 Å². The van der Waals surface area contributed by atoms with Crippen molar-refractivity contribution in [3.63, 3.8) is 0 Å². The maximum atomic E-state index is 13.2. The van der Waals surface area contributed by atoms with E-state index >= 15 is 0 Å². The second-order valence-electron chi connectivity index (χ2n) is 10.1. The SMILES string of the molecule is Nc1ccc2c(c1)CCCC(c1ccc(C(F)(F)F)cc1)=C2c1ccc(OC2CCN(CCCF)C2)cc1. The number of aryl methyl sites for hydroxylation is 1. The zero-order valence-electron chi connectivity index (χ0n) is 21.2. The van der Waals surface area contributed by atoms with E-state index in [2.05, 4.69) is 4.90 Å². The van der Waals surface area contributed by atoms with E-state index < -0.39 is 11.7 Å². The molecule has 3 aromatic rings. The highest BCUT2D eigenvalue weighted by atomic mass is 19.4. The minimum atomic E-state index is -4.37. The molecule has 1 heterocycles. The molecule has 38 heavy (non-hydrogen) atoms. The number of hydrogen-bond donors (Lipinski definition) is 1. The van der Waals surface area contributed by atoms with Crippen molar-refractivity contribution in [2.24, 2.45) is 0 Å². The molecule has 1 fully saturated rings. The molecule has 2 N–H and O–H groups in total. The van der Waals surface area contributed by atoms with Gasteiger partial charge in [0, 0.05) is 25.3 Å². The second kappa shape index (κ2) is 11.2. The summed E-state index contributed by atoms with van der Waals surface area (Å²) in [6.07, 6.45) is -0.387. The summed E-state index contributed by atoms with van der Waals surface area (Å²) in [7, 11) is 0. The van der Waals surface area contributed by atoms with Crippen molar-refractivity contribution < 1.29 is 22.3 Å². The van der Waals surface area contributed by atoms with Crippen LogP contribution in [0.25, 0.3) is 11.1 Å². The molecule has 1 saturated heterocycles. The summed E-state index contributed by atoms with van der Waals surface area (Å²) in [5, 5.41) is 0. The molecule has 0 bridgehead atoms. The average molecular weight is 525 g/mol. The van der Waals surface area contributed by atoms with Gasteiger partial charge < -0.3 is 10.5 Å². The smallest absolute Gasteiger partial charge is 0.416 e. The lowest BCUT2D eigenvalue weighted by molar-refractivity contribution is -0.137. The Kier molecular flexibility index (Phi) is 7.75. The Morgan fingerprint density at radius 1 is 0.921 bits per heavy atom. The third-order valence-electron chi connectivity index (χ3n) is 7.42. The van der Waals surface area contributed by atoms with Crippen molar-refractivity contribution in [2.45, 2.75) is 44.4 Å². The van der Waals surface area contributed by atoms with E-state index in [1.807, 2.05) is 42.5 Å². The molecule has 0 saturated carbocycles. The van der Waals surface area contributed by atoms with Gasteiger partial charge in [-0.25, -0.2) is 0 Å². The summed E-state index contributed by atoms with van der Waals surface area (Å²) in [6, 6.07) is 19.3. The van der Waals surface area contributed by atoms with Crippen LogP contribution in [-0.4, -0.2) is 37.3 Å². The molecule has 3 nitrogen and oxygen atoms in total. The number of ether oxygens (including phenoxy) is 1. The monoisotopic (exact) mass is 524 g/mol. The van der Waals surface area contributed by atoms with Crippen LogP contribution >= 0.6 is 0 Å². The van der Waals surface area contributed by atoms with E-state index in [4.69, 9.17) is 10.5 Å². The number of allylic oxidation sites excluding steroid dienone is 1. The molecule has 1 atom stereocenters. The Balaban J connectivity index is 1.47. The van der Waals surface area contributed by atoms with Gasteiger partial charge in [-0.2, -0.15) is 13.2 Å². The third kappa shape index (κ3) is 5.88. The Bertz CT molecular complexity index is 1280.